The van der Waals surface area contributed by atoms with Crippen molar-refractivity contribution in [3.8, 4) is 11.3 Å². The van der Waals surface area contributed by atoms with Crippen LogP contribution in [0.2, 0.25) is 0 Å². The minimum absolute atomic E-state index is 0.241. The number of amides is 1. The van der Waals surface area contributed by atoms with Crippen molar-refractivity contribution in [2.24, 2.45) is 10.2 Å². The minimum Gasteiger partial charge on any atom is -0.273 e. The minimum atomic E-state index is -0.241. The van der Waals surface area contributed by atoms with Crippen LogP contribution in [0.4, 0.5) is 15.8 Å². The molecule has 2 N–H and O–H groups in total. The SMILES string of the molecule is O=C(NNc1nc(-c2ccccc2)c(N=Nc2ccccc2)s1)c1ccccc1. The lowest BCUT2D eigenvalue weighted by Gasteiger charge is -2.04. The Hall–Kier alpha value is -3.84. The summed E-state index contributed by atoms with van der Waals surface area (Å²) in [5, 5.41) is 9.86. The number of azo groups is 1. The first-order chi connectivity index (χ1) is 14.3. The van der Waals surface area contributed by atoms with Crippen LogP contribution in [0.5, 0.6) is 0 Å². The highest BCUT2D eigenvalue weighted by Crippen LogP contribution is 2.38. The Labute approximate surface area is 172 Å². The predicted molar refractivity (Wildman–Crippen MR) is 116 cm³/mol. The van der Waals surface area contributed by atoms with Gasteiger partial charge >= 0.3 is 0 Å². The van der Waals surface area contributed by atoms with Gasteiger partial charge in [0.25, 0.3) is 5.91 Å². The Kier molecular flexibility index (Phi) is 5.68. The van der Waals surface area contributed by atoms with Crippen LogP contribution < -0.4 is 10.9 Å². The zero-order valence-electron chi connectivity index (χ0n) is 15.3. The Balaban J connectivity index is 1.58. The van der Waals surface area contributed by atoms with Gasteiger partial charge in [0.05, 0.1) is 5.69 Å². The number of hydrogen-bond donors (Lipinski definition) is 2. The molecule has 142 valence electrons. The topological polar surface area (TPSA) is 78.7 Å². The molecule has 0 saturated heterocycles. The lowest BCUT2D eigenvalue weighted by molar-refractivity contribution is 0.0962. The molecular weight excluding hydrogens is 382 g/mol. The molecule has 3 aromatic carbocycles. The molecule has 0 saturated carbocycles. The van der Waals surface area contributed by atoms with Gasteiger partial charge in [-0.3, -0.25) is 15.6 Å². The standard InChI is InChI=1S/C22H17N5OS/c28-20(17-12-6-2-7-13-17)25-27-22-23-19(16-10-4-1-5-11-16)21(29-22)26-24-18-14-8-3-9-15-18/h1-15H,(H,23,27)(H,25,28). The molecule has 1 amide bonds. The maximum atomic E-state index is 12.3. The summed E-state index contributed by atoms with van der Waals surface area (Å²) in [5.74, 6) is -0.241. The van der Waals surface area contributed by atoms with Crippen molar-refractivity contribution in [2.45, 2.75) is 0 Å². The second kappa shape index (κ2) is 8.90. The van der Waals surface area contributed by atoms with E-state index in [1.54, 1.807) is 12.1 Å². The highest BCUT2D eigenvalue weighted by Gasteiger charge is 2.14. The molecule has 0 bridgehead atoms. The highest BCUT2D eigenvalue weighted by atomic mass is 32.1. The van der Waals surface area contributed by atoms with Gasteiger partial charge in [0, 0.05) is 11.1 Å². The number of thiazole rings is 1. The maximum absolute atomic E-state index is 12.3. The smallest absolute Gasteiger partial charge is 0.269 e. The second-order valence-corrected chi connectivity index (χ2v) is 7.00. The van der Waals surface area contributed by atoms with Crippen molar-refractivity contribution < 1.29 is 4.79 Å². The first kappa shape index (κ1) is 18.5. The van der Waals surface area contributed by atoms with Crippen molar-refractivity contribution in [3.63, 3.8) is 0 Å². The van der Waals surface area contributed by atoms with E-state index in [0.29, 0.717) is 21.4 Å². The van der Waals surface area contributed by atoms with Crippen LogP contribution in [0.15, 0.2) is 101 Å². The third-order valence-electron chi connectivity index (χ3n) is 3.99. The number of carbonyl (C=O) groups is 1. The van der Waals surface area contributed by atoms with Gasteiger partial charge in [-0.2, -0.15) is 0 Å². The van der Waals surface area contributed by atoms with Crippen molar-refractivity contribution in [3.05, 3.63) is 96.6 Å². The van der Waals surface area contributed by atoms with E-state index in [9.17, 15) is 4.79 Å². The van der Waals surface area contributed by atoms with Crippen LogP contribution in [0.25, 0.3) is 11.3 Å². The number of nitrogens with one attached hydrogen (secondary N) is 2. The number of benzene rings is 3. The fraction of sp³-hybridized carbons (Fsp3) is 0. The van der Waals surface area contributed by atoms with Gasteiger partial charge in [-0.25, -0.2) is 4.98 Å². The van der Waals surface area contributed by atoms with E-state index >= 15 is 0 Å². The van der Waals surface area contributed by atoms with Crippen LogP contribution in [0, 0.1) is 0 Å². The molecule has 0 spiro atoms. The molecule has 0 aliphatic rings. The number of hydrazine groups is 1. The summed E-state index contributed by atoms with van der Waals surface area (Å²) in [4.78, 5) is 16.8. The zero-order valence-corrected chi connectivity index (χ0v) is 16.1. The van der Waals surface area contributed by atoms with Crippen molar-refractivity contribution in [2.75, 3.05) is 5.43 Å². The van der Waals surface area contributed by atoms with Crippen LogP contribution in [0.1, 0.15) is 10.4 Å². The van der Waals surface area contributed by atoms with Crippen molar-refractivity contribution in [1.82, 2.24) is 10.4 Å². The average Bonchev–Trinajstić information content (AvgIpc) is 3.21. The molecule has 29 heavy (non-hydrogen) atoms. The number of aromatic nitrogens is 1. The van der Waals surface area contributed by atoms with E-state index in [0.717, 1.165) is 11.3 Å². The summed E-state index contributed by atoms with van der Waals surface area (Å²) in [7, 11) is 0. The number of carbonyl (C=O) groups excluding carboxylic acids is 1. The van der Waals surface area contributed by atoms with Crippen LogP contribution >= 0.6 is 11.3 Å². The monoisotopic (exact) mass is 399 g/mol. The molecule has 0 fully saturated rings. The normalized spacial score (nSPS) is 10.8. The van der Waals surface area contributed by atoms with Crippen LogP contribution in [0.3, 0.4) is 0 Å². The Morgan fingerprint density at radius 3 is 2.10 bits per heavy atom. The van der Waals surface area contributed by atoms with E-state index in [-0.39, 0.29) is 5.91 Å². The molecule has 0 atom stereocenters. The summed E-state index contributed by atoms with van der Waals surface area (Å²) in [5.41, 5.74) is 8.49. The van der Waals surface area contributed by atoms with Gasteiger partial charge in [0.15, 0.2) is 5.00 Å². The quantitative estimate of drug-likeness (QED) is 0.309. The molecule has 4 rings (SSSR count). The van der Waals surface area contributed by atoms with E-state index < -0.39 is 0 Å². The number of anilines is 1. The van der Waals surface area contributed by atoms with Crippen LogP contribution in [-0.4, -0.2) is 10.9 Å². The molecular formula is C22H17N5OS. The van der Waals surface area contributed by atoms with Gasteiger partial charge in [-0.05, 0) is 24.3 Å². The van der Waals surface area contributed by atoms with E-state index in [1.165, 1.54) is 11.3 Å². The predicted octanol–water partition coefficient (Wildman–Crippen LogP) is 5.98. The molecule has 0 radical (unpaired) electrons. The van der Waals surface area contributed by atoms with Crippen molar-refractivity contribution >= 4 is 33.1 Å². The van der Waals surface area contributed by atoms with Gasteiger partial charge in [0.1, 0.15) is 5.69 Å². The molecule has 1 heterocycles. The van der Waals surface area contributed by atoms with E-state index in [1.807, 2.05) is 78.9 Å². The first-order valence-corrected chi connectivity index (χ1v) is 9.76. The molecule has 1 aromatic heterocycles. The molecule has 7 heteroatoms. The van der Waals surface area contributed by atoms with E-state index in [4.69, 9.17) is 0 Å². The van der Waals surface area contributed by atoms with Gasteiger partial charge in [-0.1, -0.05) is 78.1 Å². The summed E-state index contributed by atoms with van der Waals surface area (Å²) >= 11 is 1.31. The fourth-order valence-corrected chi connectivity index (χ4v) is 3.35. The molecule has 4 aromatic rings. The van der Waals surface area contributed by atoms with Crippen molar-refractivity contribution in [1.29, 1.82) is 0 Å². The molecule has 0 aliphatic carbocycles. The Bertz CT molecular complexity index is 1110. The van der Waals surface area contributed by atoms with E-state index in [2.05, 4.69) is 26.1 Å². The number of rotatable bonds is 6. The average molecular weight is 399 g/mol. The summed E-state index contributed by atoms with van der Waals surface area (Å²) in [6.07, 6.45) is 0. The summed E-state index contributed by atoms with van der Waals surface area (Å²) in [6, 6.07) is 28.2. The third-order valence-corrected chi connectivity index (χ3v) is 4.84. The first-order valence-electron chi connectivity index (χ1n) is 8.94. The fourth-order valence-electron chi connectivity index (χ4n) is 2.59. The van der Waals surface area contributed by atoms with Gasteiger partial charge in [0.2, 0.25) is 5.13 Å². The van der Waals surface area contributed by atoms with Crippen LogP contribution in [-0.2, 0) is 0 Å². The zero-order chi connectivity index (χ0) is 19.9. The lowest BCUT2D eigenvalue weighted by atomic mass is 10.2. The Morgan fingerprint density at radius 1 is 0.793 bits per heavy atom. The number of nitrogens with zero attached hydrogens (tertiary/aromatic N) is 3. The van der Waals surface area contributed by atoms with Gasteiger partial charge < -0.3 is 0 Å². The second-order valence-electron chi connectivity index (χ2n) is 6.02. The Morgan fingerprint density at radius 2 is 1.41 bits per heavy atom. The third kappa shape index (κ3) is 4.72. The maximum Gasteiger partial charge on any atom is 0.269 e. The largest absolute Gasteiger partial charge is 0.273 e. The molecule has 0 aliphatic heterocycles. The molecule has 6 nitrogen and oxygen atoms in total. The summed E-state index contributed by atoms with van der Waals surface area (Å²) < 4.78 is 0. The summed E-state index contributed by atoms with van der Waals surface area (Å²) in [6.45, 7) is 0. The lowest BCUT2D eigenvalue weighted by Crippen LogP contribution is -2.29. The van der Waals surface area contributed by atoms with Gasteiger partial charge in [-0.15, -0.1) is 10.2 Å². The molecule has 0 unspecified atom stereocenters. The number of hydrogen-bond acceptors (Lipinski definition) is 6. The highest BCUT2D eigenvalue weighted by molar-refractivity contribution is 7.19.